The van der Waals surface area contributed by atoms with Gasteiger partial charge in [-0.3, -0.25) is 0 Å². The van der Waals surface area contributed by atoms with E-state index in [1.165, 1.54) is 0 Å². The molecule has 1 heterocycles. The van der Waals surface area contributed by atoms with E-state index in [0.29, 0.717) is 29.6 Å². The van der Waals surface area contributed by atoms with E-state index in [1.54, 1.807) is 18.2 Å². The van der Waals surface area contributed by atoms with Gasteiger partial charge in [-0.1, -0.05) is 17.7 Å². The summed E-state index contributed by atoms with van der Waals surface area (Å²) in [6, 6.07) is 8.83. The van der Waals surface area contributed by atoms with E-state index >= 15 is 0 Å². The summed E-state index contributed by atoms with van der Waals surface area (Å²) in [5.41, 5.74) is 2.40. The molecule has 7 heteroatoms. The molecule has 0 radical (unpaired) electrons. The maximum Gasteiger partial charge on any atom is 0.319 e. The molecule has 22 heavy (non-hydrogen) atoms. The van der Waals surface area contributed by atoms with Crippen LogP contribution in [0.25, 0.3) is 0 Å². The third-order valence-corrected chi connectivity index (χ3v) is 3.44. The van der Waals surface area contributed by atoms with Gasteiger partial charge in [-0.2, -0.15) is 5.10 Å². The van der Waals surface area contributed by atoms with Crippen molar-refractivity contribution in [3.05, 3.63) is 46.6 Å². The molecular weight excluding hydrogens is 302 g/mol. The second kappa shape index (κ2) is 7.61. The molecule has 0 aliphatic rings. The fourth-order valence-corrected chi connectivity index (χ4v) is 1.94. The van der Waals surface area contributed by atoms with Gasteiger partial charge in [0.25, 0.3) is 0 Å². The van der Waals surface area contributed by atoms with Crippen LogP contribution in [0, 0.1) is 13.8 Å². The zero-order chi connectivity index (χ0) is 15.9. The number of aryl methyl sites for hydroxylation is 1. The zero-order valence-electron chi connectivity index (χ0n) is 12.5. The first-order valence-electron chi connectivity index (χ1n) is 6.90. The van der Waals surface area contributed by atoms with Gasteiger partial charge in [0.2, 0.25) is 0 Å². The summed E-state index contributed by atoms with van der Waals surface area (Å²) in [5, 5.41) is 17.1. The number of rotatable bonds is 5. The minimum Gasteiger partial charge on any atom is -0.367 e. The molecule has 1 aromatic heterocycles. The zero-order valence-corrected chi connectivity index (χ0v) is 13.2. The summed E-state index contributed by atoms with van der Waals surface area (Å²) in [4.78, 5) is 11.8. The Bertz CT molecular complexity index is 645. The minimum atomic E-state index is -0.276. The lowest BCUT2D eigenvalue weighted by Gasteiger charge is -2.11. The number of nitrogens with zero attached hydrogens (tertiary/aromatic N) is 2. The standard InChI is InChI=1S/C15H18ClN5O/c1-10-6-7-14(21-20-10)17-8-9-18-15(22)19-13-5-3-4-12(16)11(13)2/h3-7H,8-9H2,1-2H3,(H,17,21)(H2,18,19,22). The van der Waals surface area contributed by atoms with E-state index < -0.39 is 0 Å². The van der Waals surface area contributed by atoms with Crippen LogP contribution in [-0.4, -0.2) is 29.3 Å². The normalized spacial score (nSPS) is 10.1. The molecule has 2 aromatic rings. The Morgan fingerprint density at radius 2 is 1.95 bits per heavy atom. The van der Waals surface area contributed by atoms with Crippen molar-refractivity contribution in [2.45, 2.75) is 13.8 Å². The van der Waals surface area contributed by atoms with Crippen LogP contribution in [-0.2, 0) is 0 Å². The third-order valence-electron chi connectivity index (χ3n) is 3.03. The van der Waals surface area contributed by atoms with Crippen molar-refractivity contribution in [3.8, 4) is 0 Å². The summed E-state index contributed by atoms with van der Waals surface area (Å²) in [5.74, 6) is 0.679. The molecule has 0 bridgehead atoms. The average molecular weight is 320 g/mol. The molecule has 0 aliphatic heterocycles. The maximum absolute atomic E-state index is 11.8. The first-order chi connectivity index (χ1) is 10.6. The van der Waals surface area contributed by atoms with Gasteiger partial charge >= 0.3 is 6.03 Å². The molecule has 0 fully saturated rings. The SMILES string of the molecule is Cc1ccc(NCCNC(=O)Nc2cccc(Cl)c2C)nn1. The molecule has 6 nitrogen and oxygen atoms in total. The van der Waals surface area contributed by atoms with Crippen LogP contribution in [0.3, 0.4) is 0 Å². The topological polar surface area (TPSA) is 78.9 Å². The Labute approximate surface area is 134 Å². The molecule has 0 aliphatic carbocycles. The van der Waals surface area contributed by atoms with Crippen LogP contribution in [0.15, 0.2) is 30.3 Å². The highest BCUT2D eigenvalue weighted by molar-refractivity contribution is 6.31. The number of carbonyl (C=O) groups is 1. The van der Waals surface area contributed by atoms with Gasteiger partial charge in [-0.25, -0.2) is 4.79 Å². The Morgan fingerprint density at radius 3 is 2.68 bits per heavy atom. The predicted octanol–water partition coefficient (Wildman–Crippen LogP) is 2.98. The van der Waals surface area contributed by atoms with E-state index in [1.807, 2.05) is 26.0 Å². The highest BCUT2D eigenvalue weighted by atomic mass is 35.5. The monoisotopic (exact) mass is 319 g/mol. The second-order valence-electron chi connectivity index (χ2n) is 4.78. The van der Waals surface area contributed by atoms with Crippen molar-refractivity contribution in [2.75, 3.05) is 23.7 Å². The van der Waals surface area contributed by atoms with Crippen molar-refractivity contribution >= 4 is 29.1 Å². The second-order valence-corrected chi connectivity index (χ2v) is 5.19. The van der Waals surface area contributed by atoms with E-state index in [9.17, 15) is 4.79 Å². The molecule has 0 atom stereocenters. The van der Waals surface area contributed by atoms with E-state index in [4.69, 9.17) is 11.6 Å². The molecule has 3 N–H and O–H groups in total. The fraction of sp³-hybridized carbons (Fsp3) is 0.267. The number of nitrogens with one attached hydrogen (secondary N) is 3. The summed E-state index contributed by atoms with van der Waals surface area (Å²) < 4.78 is 0. The predicted molar refractivity (Wildman–Crippen MR) is 88.5 cm³/mol. The molecule has 0 saturated carbocycles. The van der Waals surface area contributed by atoms with Gasteiger partial charge in [-0.15, -0.1) is 5.10 Å². The van der Waals surface area contributed by atoms with Crippen LogP contribution < -0.4 is 16.0 Å². The summed E-state index contributed by atoms with van der Waals surface area (Å²) in [7, 11) is 0. The summed E-state index contributed by atoms with van der Waals surface area (Å²) in [6.07, 6.45) is 0. The molecular formula is C15H18ClN5O. The number of aromatic nitrogens is 2. The van der Waals surface area contributed by atoms with Gasteiger partial charge in [0.15, 0.2) is 0 Å². The van der Waals surface area contributed by atoms with Crippen LogP contribution >= 0.6 is 11.6 Å². The number of amides is 2. The molecule has 0 spiro atoms. The van der Waals surface area contributed by atoms with Gasteiger partial charge in [0, 0.05) is 23.8 Å². The largest absolute Gasteiger partial charge is 0.367 e. The van der Waals surface area contributed by atoms with E-state index in [-0.39, 0.29) is 6.03 Å². The molecule has 0 unspecified atom stereocenters. The number of halogens is 1. The Kier molecular flexibility index (Phi) is 5.55. The maximum atomic E-state index is 11.8. The van der Waals surface area contributed by atoms with Crippen molar-refractivity contribution in [1.29, 1.82) is 0 Å². The Morgan fingerprint density at radius 1 is 1.14 bits per heavy atom. The number of hydrogen-bond donors (Lipinski definition) is 3. The van der Waals surface area contributed by atoms with Crippen LogP contribution in [0.4, 0.5) is 16.3 Å². The van der Waals surface area contributed by atoms with Gasteiger partial charge in [0.05, 0.1) is 5.69 Å². The third kappa shape index (κ3) is 4.60. The molecule has 2 amide bonds. The first-order valence-corrected chi connectivity index (χ1v) is 7.28. The Balaban J connectivity index is 1.74. The van der Waals surface area contributed by atoms with Crippen LogP contribution in [0.5, 0.6) is 0 Å². The van der Waals surface area contributed by atoms with E-state index in [2.05, 4.69) is 26.1 Å². The van der Waals surface area contributed by atoms with Crippen LogP contribution in [0.2, 0.25) is 5.02 Å². The van der Waals surface area contributed by atoms with Crippen molar-refractivity contribution in [3.63, 3.8) is 0 Å². The molecule has 116 valence electrons. The highest BCUT2D eigenvalue weighted by Crippen LogP contribution is 2.22. The van der Waals surface area contributed by atoms with Crippen molar-refractivity contribution < 1.29 is 4.79 Å². The summed E-state index contributed by atoms with van der Waals surface area (Å²) in [6.45, 7) is 4.75. The van der Waals surface area contributed by atoms with Crippen molar-refractivity contribution in [1.82, 2.24) is 15.5 Å². The lowest BCUT2D eigenvalue weighted by molar-refractivity contribution is 0.252. The lowest BCUT2D eigenvalue weighted by Crippen LogP contribution is -2.33. The van der Waals surface area contributed by atoms with Gasteiger partial charge in [-0.05, 0) is 43.7 Å². The lowest BCUT2D eigenvalue weighted by atomic mass is 10.2. The molecule has 0 saturated heterocycles. The highest BCUT2D eigenvalue weighted by Gasteiger charge is 2.05. The number of carbonyl (C=O) groups excluding carboxylic acids is 1. The van der Waals surface area contributed by atoms with Gasteiger partial charge < -0.3 is 16.0 Å². The minimum absolute atomic E-state index is 0.276. The van der Waals surface area contributed by atoms with Gasteiger partial charge in [0.1, 0.15) is 5.82 Å². The van der Waals surface area contributed by atoms with Crippen molar-refractivity contribution in [2.24, 2.45) is 0 Å². The Hall–Kier alpha value is -2.34. The number of anilines is 2. The number of urea groups is 1. The molecule has 1 aromatic carbocycles. The summed E-state index contributed by atoms with van der Waals surface area (Å²) >= 11 is 6.01. The number of hydrogen-bond acceptors (Lipinski definition) is 4. The number of benzene rings is 1. The quantitative estimate of drug-likeness (QED) is 0.740. The molecule has 2 rings (SSSR count). The fourth-order valence-electron chi connectivity index (χ4n) is 1.77. The first kappa shape index (κ1) is 16.0. The average Bonchev–Trinajstić information content (AvgIpc) is 2.50. The van der Waals surface area contributed by atoms with Crippen LogP contribution in [0.1, 0.15) is 11.3 Å². The van der Waals surface area contributed by atoms with E-state index in [0.717, 1.165) is 11.3 Å². The smallest absolute Gasteiger partial charge is 0.319 e.